The molecule has 0 aromatic heterocycles. The Bertz CT molecular complexity index is 75.3. The first kappa shape index (κ1) is 12.3. The van der Waals surface area contributed by atoms with Crippen molar-refractivity contribution in [3.8, 4) is 0 Å². The van der Waals surface area contributed by atoms with Gasteiger partial charge in [-0.1, -0.05) is 13.8 Å². The van der Waals surface area contributed by atoms with Gasteiger partial charge in [0, 0.05) is 0 Å². The Labute approximate surface area is 63.8 Å². The fourth-order valence-electron chi connectivity index (χ4n) is 0.333. The normalized spacial score (nSPS) is 8.60. The molecule has 0 saturated heterocycles. The van der Waals surface area contributed by atoms with Crippen molar-refractivity contribution in [1.82, 2.24) is 0 Å². The van der Waals surface area contributed by atoms with Crippen molar-refractivity contribution in [1.29, 1.82) is 0 Å². The number of nitrogens with two attached hydrogens (primary N) is 1. The van der Waals surface area contributed by atoms with Gasteiger partial charge in [0.25, 0.3) is 0 Å². The number of ketones is 1. The van der Waals surface area contributed by atoms with E-state index in [1.54, 1.807) is 0 Å². The van der Waals surface area contributed by atoms with E-state index in [1.165, 1.54) is 13.8 Å². The summed E-state index contributed by atoms with van der Waals surface area (Å²) in [5, 5.41) is 0. The van der Waals surface area contributed by atoms with Crippen LogP contribution in [0.2, 0.25) is 0 Å². The number of carbonyl (C=O) groups excluding carboxylic acids is 1. The summed E-state index contributed by atoms with van der Waals surface area (Å²) in [4.78, 5) is 9.44. The third-order valence-corrected chi connectivity index (χ3v) is 0.744. The predicted octanol–water partition coefficient (Wildman–Crippen LogP) is 1.59. The molecule has 0 aromatic carbocycles. The van der Waals surface area contributed by atoms with Crippen molar-refractivity contribution < 1.29 is 4.79 Å². The summed E-state index contributed by atoms with van der Waals surface area (Å²) in [7, 11) is 0. The molecule has 0 rings (SSSR count). The summed E-state index contributed by atoms with van der Waals surface area (Å²) in [6, 6.07) is 0. The van der Waals surface area contributed by atoms with Crippen LogP contribution in [-0.4, -0.2) is 12.3 Å². The van der Waals surface area contributed by atoms with Gasteiger partial charge in [0.15, 0.2) is 0 Å². The van der Waals surface area contributed by atoms with E-state index >= 15 is 0 Å². The van der Waals surface area contributed by atoms with Crippen LogP contribution in [0.15, 0.2) is 0 Å². The second-order valence-corrected chi connectivity index (χ2v) is 2.88. The van der Waals surface area contributed by atoms with E-state index in [-0.39, 0.29) is 5.78 Å². The fourth-order valence-corrected chi connectivity index (χ4v) is 0.333. The third-order valence-electron chi connectivity index (χ3n) is 0.744. The minimum atomic E-state index is 0.167. The van der Waals surface area contributed by atoms with Crippen LogP contribution in [0.5, 0.6) is 0 Å². The summed E-state index contributed by atoms with van der Waals surface area (Å²) in [6.07, 6.45) is 1.15. The highest BCUT2D eigenvalue weighted by molar-refractivity contribution is 5.72. The van der Waals surface area contributed by atoms with Crippen molar-refractivity contribution in [2.45, 2.75) is 34.1 Å². The van der Waals surface area contributed by atoms with Gasteiger partial charge >= 0.3 is 0 Å². The van der Waals surface area contributed by atoms with Crippen LogP contribution in [0, 0.1) is 5.92 Å². The van der Waals surface area contributed by atoms with Crippen LogP contribution < -0.4 is 5.73 Å². The fraction of sp³-hybridized carbons (Fsp3) is 0.875. The Hall–Kier alpha value is -0.370. The first-order valence-corrected chi connectivity index (χ1v) is 3.68. The molecule has 0 unspecified atom stereocenters. The lowest BCUT2D eigenvalue weighted by molar-refractivity contribution is -0.114. The van der Waals surface area contributed by atoms with Crippen LogP contribution in [0.3, 0.4) is 0 Å². The quantitative estimate of drug-likeness (QED) is 0.641. The smallest absolute Gasteiger partial charge is 0.126 e. The Balaban J connectivity index is 0. The van der Waals surface area contributed by atoms with E-state index in [9.17, 15) is 4.79 Å². The van der Waals surface area contributed by atoms with Crippen LogP contribution in [0.1, 0.15) is 34.1 Å². The standard InChI is InChI=1S/C5H13N.C3H6O/c1-5(2)3-4-6;1-3(2)4/h5H,3-4,6H2,1-2H3;1-2H3. The second kappa shape index (κ2) is 8.63. The van der Waals surface area contributed by atoms with Gasteiger partial charge in [-0.25, -0.2) is 0 Å². The average molecular weight is 145 g/mol. The summed E-state index contributed by atoms with van der Waals surface area (Å²) in [5.41, 5.74) is 5.23. The van der Waals surface area contributed by atoms with Crippen LogP contribution >= 0.6 is 0 Å². The predicted molar refractivity (Wildman–Crippen MR) is 44.9 cm³/mol. The van der Waals surface area contributed by atoms with Crippen molar-refractivity contribution >= 4 is 5.78 Å². The number of rotatable bonds is 2. The molecule has 0 spiro atoms. The lowest BCUT2D eigenvalue weighted by Crippen LogP contribution is -2.01. The monoisotopic (exact) mass is 145 g/mol. The van der Waals surface area contributed by atoms with Crippen LogP contribution in [-0.2, 0) is 4.79 Å². The Morgan fingerprint density at radius 1 is 1.40 bits per heavy atom. The van der Waals surface area contributed by atoms with Gasteiger partial charge in [-0.2, -0.15) is 0 Å². The molecule has 0 bridgehead atoms. The van der Waals surface area contributed by atoms with Gasteiger partial charge in [-0.3, -0.25) is 0 Å². The largest absolute Gasteiger partial charge is 0.330 e. The van der Waals surface area contributed by atoms with Crippen molar-refractivity contribution in [2.75, 3.05) is 6.54 Å². The highest BCUT2D eigenvalue weighted by Gasteiger charge is 1.85. The minimum Gasteiger partial charge on any atom is -0.330 e. The highest BCUT2D eigenvalue weighted by atomic mass is 16.1. The van der Waals surface area contributed by atoms with E-state index in [0.717, 1.165) is 18.9 Å². The Kier molecular flexibility index (Phi) is 10.6. The molecular formula is C8H19NO. The van der Waals surface area contributed by atoms with Gasteiger partial charge < -0.3 is 10.5 Å². The maximum atomic E-state index is 9.44. The van der Waals surface area contributed by atoms with Gasteiger partial charge in [0.2, 0.25) is 0 Å². The SMILES string of the molecule is CC(C)=O.CC(C)CCN. The number of carbonyl (C=O) groups is 1. The molecule has 10 heavy (non-hydrogen) atoms. The van der Waals surface area contributed by atoms with Crippen LogP contribution in [0.4, 0.5) is 0 Å². The molecule has 2 N–H and O–H groups in total. The van der Waals surface area contributed by atoms with Crippen LogP contribution in [0.25, 0.3) is 0 Å². The van der Waals surface area contributed by atoms with Crippen molar-refractivity contribution in [2.24, 2.45) is 11.7 Å². The molecule has 0 aliphatic heterocycles. The summed E-state index contributed by atoms with van der Waals surface area (Å²) in [6.45, 7) is 8.23. The molecule has 0 fully saturated rings. The molecule has 0 aliphatic rings. The molecule has 0 aliphatic carbocycles. The lowest BCUT2D eigenvalue weighted by atomic mass is 10.1. The molecule has 2 nitrogen and oxygen atoms in total. The topological polar surface area (TPSA) is 43.1 Å². The van der Waals surface area contributed by atoms with Gasteiger partial charge in [0.1, 0.15) is 5.78 Å². The second-order valence-electron chi connectivity index (χ2n) is 2.88. The molecule has 0 radical (unpaired) electrons. The Morgan fingerprint density at radius 2 is 1.70 bits per heavy atom. The molecule has 0 saturated carbocycles. The minimum absolute atomic E-state index is 0.167. The molecule has 62 valence electrons. The highest BCUT2D eigenvalue weighted by Crippen LogP contribution is 1.93. The zero-order valence-electron chi connectivity index (χ0n) is 7.48. The first-order chi connectivity index (χ1) is 4.50. The summed E-state index contributed by atoms with van der Waals surface area (Å²) < 4.78 is 0. The zero-order chi connectivity index (χ0) is 8.57. The lowest BCUT2D eigenvalue weighted by Gasteiger charge is -1.96. The zero-order valence-corrected chi connectivity index (χ0v) is 7.48. The number of hydrogen-bond donors (Lipinski definition) is 1. The summed E-state index contributed by atoms with van der Waals surface area (Å²) in [5.74, 6) is 0.940. The van der Waals surface area contributed by atoms with Crippen molar-refractivity contribution in [3.05, 3.63) is 0 Å². The maximum absolute atomic E-state index is 9.44. The van der Waals surface area contributed by atoms with E-state index in [1.807, 2.05) is 0 Å². The molecule has 0 heterocycles. The molecule has 0 atom stereocenters. The molecule has 2 heteroatoms. The summed E-state index contributed by atoms with van der Waals surface area (Å²) >= 11 is 0. The molecule has 0 amide bonds. The maximum Gasteiger partial charge on any atom is 0.126 e. The van der Waals surface area contributed by atoms with Crippen molar-refractivity contribution in [3.63, 3.8) is 0 Å². The van der Waals surface area contributed by atoms with Gasteiger partial charge in [-0.15, -0.1) is 0 Å². The van der Waals surface area contributed by atoms with Gasteiger partial charge in [0.05, 0.1) is 0 Å². The average Bonchev–Trinajstić information content (AvgIpc) is 1.62. The number of hydrogen-bond acceptors (Lipinski definition) is 2. The third kappa shape index (κ3) is 48.5. The van der Waals surface area contributed by atoms with E-state index in [0.29, 0.717) is 0 Å². The van der Waals surface area contributed by atoms with E-state index in [2.05, 4.69) is 13.8 Å². The number of Topliss-reactive ketones (excluding diaryl/α,β-unsaturated/α-hetero) is 1. The Morgan fingerprint density at radius 3 is 1.70 bits per heavy atom. The van der Waals surface area contributed by atoms with E-state index in [4.69, 9.17) is 5.73 Å². The van der Waals surface area contributed by atoms with E-state index < -0.39 is 0 Å². The molecule has 0 aromatic rings. The van der Waals surface area contributed by atoms with Gasteiger partial charge in [-0.05, 0) is 32.7 Å². The first-order valence-electron chi connectivity index (χ1n) is 3.68. The molecular weight excluding hydrogens is 126 g/mol.